The van der Waals surface area contributed by atoms with Gasteiger partial charge in [0.25, 0.3) is 5.17 Å². The van der Waals surface area contributed by atoms with Gasteiger partial charge in [-0.15, -0.1) is 4.89 Å². The molecule has 0 aliphatic rings. The second-order valence-electron chi connectivity index (χ2n) is 8.12. The molecule has 2 amide bonds. The lowest BCUT2D eigenvalue weighted by Crippen LogP contribution is -2.46. The molecular formula is C25H37N5O5S2. The topological polar surface area (TPSA) is 116 Å². The van der Waals surface area contributed by atoms with E-state index in [1.54, 1.807) is 18.1 Å². The molecule has 2 aromatic rings. The number of urea groups is 1. The fraction of sp³-hybridized carbons (Fsp3) is 0.440. The molecule has 0 aliphatic carbocycles. The van der Waals surface area contributed by atoms with Crippen LogP contribution >= 0.6 is 24.2 Å². The standard InChI is InChI=1S/C25H37N5O5S2/c1-4-26-24(32)30(17-21(18-33-3)34-25(36)28-20-10-6-5-7-11-20)15-9-8-14-27-35-29-37-23-13-12-19(2)16-22(23)31/h5-7,10-13,16,21,27,29,31H,4,8-9,14-15,17-18H2,1-3H3,(H,26,32)(H,28,36). The lowest BCUT2D eigenvalue weighted by Gasteiger charge is -2.28. The molecule has 0 spiro atoms. The molecule has 1 atom stereocenters. The van der Waals surface area contributed by atoms with E-state index in [1.807, 2.05) is 56.3 Å². The van der Waals surface area contributed by atoms with E-state index in [0.717, 1.165) is 36.0 Å². The van der Waals surface area contributed by atoms with E-state index in [2.05, 4.69) is 21.0 Å². The van der Waals surface area contributed by atoms with Gasteiger partial charge in [-0.3, -0.25) is 0 Å². The van der Waals surface area contributed by atoms with E-state index in [1.165, 1.54) is 0 Å². The van der Waals surface area contributed by atoms with Gasteiger partial charge < -0.3 is 30.1 Å². The number of unbranched alkanes of at least 4 members (excludes halogenated alkanes) is 1. The van der Waals surface area contributed by atoms with Crippen molar-refractivity contribution >= 4 is 41.1 Å². The van der Waals surface area contributed by atoms with Crippen molar-refractivity contribution in [2.24, 2.45) is 0 Å². The maximum Gasteiger partial charge on any atom is 0.317 e. The van der Waals surface area contributed by atoms with Crippen LogP contribution in [-0.4, -0.2) is 67.2 Å². The summed E-state index contributed by atoms with van der Waals surface area (Å²) in [6.45, 7) is 6.00. The lowest BCUT2D eigenvalue weighted by molar-refractivity contribution is 0.00904. The third kappa shape index (κ3) is 12.5. The number of nitrogens with zero attached hydrogens (tertiary/aromatic N) is 1. The van der Waals surface area contributed by atoms with Crippen LogP contribution in [0.2, 0.25) is 0 Å². The molecular weight excluding hydrogens is 514 g/mol. The molecule has 0 aromatic heterocycles. The van der Waals surface area contributed by atoms with E-state index >= 15 is 0 Å². The molecule has 0 saturated carbocycles. The number of hydrogen-bond donors (Lipinski definition) is 5. The second kappa shape index (κ2) is 17.8. The maximum absolute atomic E-state index is 12.6. The molecule has 5 N–H and O–H groups in total. The molecule has 0 bridgehead atoms. The molecule has 0 saturated heterocycles. The number of benzene rings is 2. The van der Waals surface area contributed by atoms with Gasteiger partial charge in [-0.2, -0.15) is 5.48 Å². The summed E-state index contributed by atoms with van der Waals surface area (Å²) in [6, 6.07) is 14.7. The number of hydrogen-bond acceptors (Lipinski definition) is 9. The summed E-state index contributed by atoms with van der Waals surface area (Å²) >= 11 is 6.51. The molecule has 0 heterocycles. The van der Waals surface area contributed by atoms with E-state index in [-0.39, 0.29) is 23.6 Å². The van der Waals surface area contributed by atoms with Crippen LogP contribution in [-0.2, 0) is 14.4 Å². The highest BCUT2D eigenvalue weighted by Crippen LogP contribution is 2.26. The Morgan fingerprint density at radius 2 is 1.97 bits per heavy atom. The number of phenols is 1. The van der Waals surface area contributed by atoms with Crippen molar-refractivity contribution in [2.45, 2.75) is 37.7 Å². The van der Waals surface area contributed by atoms with Crippen LogP contribution in [0.15, 0.2) is 53.4 Å². The zero-order valence-corrected chi connectivity index (χ0v) is 23.1. The zero-order valence-electron chi connectivity index (χ0n) is 21.5. The first-order valence-electron chi connectivity index (χ1n) is 12.1. The number of rotatable bonds is 16. The molecule has 37 heavy (non-hydrogen) atoms. The summed E-state index contributed by atoms with van der Waals surface area (Å²) in [4.78, 5) is 22.9. The highest BCUT2D eigenvalue weighted by atomic mass is 32.2. The Labute approximate surface area is 228 Å². The fourth-order valence-electron chi connectivity index (χ4n) is 3.27. The number of para-hydroxylation sites is 1. The molecule has 1 unspecified atom stereocenters. The predicted molar refractivity (Wildman–Crippen MR) is 150 cm³/mol. The number of anilines is 1. The number of methoxy groups -OCH3 is 1. The van der Waals surface area contributed by atoms with E-state index in [0.29, 0.717) is 31.1 Å². The van der Waals surface area contributed by atoms with Gasteiger partial charge in [-0.1, -0.05) is 24.3 Å². The monoisotopic (exact) mass is 551 g/mol. The minimum Gasteiger partial charge on any atom is -0.507 e. The first-order chi connectivity index (χ1) is 17.9. The van der Waals surface area contributed by atoms with E-state index in [9.17, 15) is 9.90 Å². The average molecular weight is 552 g/mol. The second-order valence-corrected chi connectivity index (χ2v) is 9.30. The number of aromatic hydroxyl groups is 1. The van der Waals surface area contributed by atoms with Gasteiger partial charge in [0.15, 0.2) is 0 Å². The summed E-state index contributed by atoms with van der Waals surface area (Å²) in [5.41, 5.74) is 4.62. The number of hydroxylamine groups is 1. The largest absolute Gasteiger partial charge is 0.507 e. The number of aryl methyl sites for hydroxylation is 1. The molecule has 2 rings (SSSR count). The maximum atomic E-state index is 12.6. The van der Waals surface area contributed by atoms with Crippen LogP contribution in [0.25, 0.3) is 0 Å². The van der Waals surface area contributed by atoms with E-state index < -0.39 is 6.10 Å². The molecule has 0 radical (unpaired) electrons. The van der Waals surface area contributed by atoms with Crippen molar-refractivity contribution in [1.29, 1.82) is 0 Å². The van der Waals surface area contributed by atoms with Crippen molar-refractivity contribution in [3.05, 3.63) is 54.1 Å². The van der Waals surface area contributed by atoms with Crippen molar-refractivity contribution in [3.63, 3.8) is 0 Å². The Morgan fingerprint density at radius 3 is 2.68 bits per heavy atom. The van der Waals surface area contributed by atoms with Crippen molar-refractivity contribution in [2.75, 3.05) is 45.2 Å². The molecule has 2 aromatic carbocycles. The van der Waals surface area contributed by atoms with Crippen LogP contribution in [0.4, 0.5) is 10.5 Å². The summed E-state index contributed by atoms with van der Waals surface area (Å²) in [5, 5.41) is 16.0. The Kier molecular flexibility index (Phi) is 14.7. The third-order valence-electron chi connectivity index (χ3n) is 5.02. The minimum atomic E-state index is -0.433. The third-order valence-corrected chi connectivity index (χ3v) is 5.95. The number of carbonyl (C=O) groups is 1. The normalized spacial score (nSPS) is 11.5. The summed E-state index contributed by atoms with van der Waals surface area (Å²) in [5.74, 6) is 0.193. The average Bonchev–Trinajstić information content (AvgIpc) is 2.86. The van der Waals surface area contributed by atoms with Gasteiger partial charge in [-0.25, -0.2) is 9.73 Å². The Balaban J connectivity index is 1.74. The Morgan fingerprint density at radius 1 is 1.19 bits per heavy atom. The van der Waals surface area contributed by atoms with Crippen LogP contribution in [0.5, 0.6) is 5.75 Å². The Bertz CT molecular complexity index is 954. The number of carbonyl (C=O) groups excluding carboxylic acids is 1. The first kappa shape index (κ1) is 30.6. The molecule has 204 valence electrons. The quantitative estimate of drug-likeness (QED) is 0.0908. The lowest BCUT2D eigenvalue weighted by atomic mass is 10.2. The summed E-state index contributed by atoms with van der Waals surface area (Å²) in [7, 11) is 1.58. The van der Waals surface area contributed by atoms with E-state index in [4.69, 9.17) is 26.6 Å². The van der Waals surface area contributed by atoms with Gasteiger partial charge in [-0.05, 0) is 80.7 Å². The van der Waals surface area contributed by atoms with Crippen LogP contribution in [0, 0.1) is 6.92 Å². The highest BCUT2D eigenvalue weighted by molar-refractivity contribution is 7.97. The summed E-state index contributed by atoms with van der Waals surface area (Å²) < 4.78 is 11.2. The smallest absolute Gasteiger partial charge is 0.317 e. The fourth-order valence-corrected chi connectivity index (χ4v) is 4.02. The van der Waals surface area contributed by atoms with Gasteiger partial charge in [0, 0.05) is 32.4 Å². The number of phenolic OH excluding ortho intramolecular Hbond substituents is 1. The number of amides is 2. The van der Waals surface area contributed by atoms with Crippen molar-refractivity contribution in [1.82, 2.24) is 20.6 Å². The van der Waals surface area contributed by atoms with Crippen LogP contribution in [0.1, 0.15) is 25.3 Å². The minimum absolute atomic E-state index is 0.172. The van der Waals surface area contributed by atoms with Crippen LogP contribution < -0.4 is 21.0 Å². The molecule has 10 nitrogen and oxygen atoms in total. The number of nitrogens with one attached hydrogen (secondary N) is 4. The number of thiocarbonyl (C=S) groups is 1. The zero-order chi connectivity index (χ0) is 26.9. The molecule has 0 fully saturated rings. The van der Waals surface area contributed by atoms with Crippen molar-refractivity contribution < 1.29 is 24.3 Å². The molecule has 0 aliphatic heterocycles. The Hall–Kier alpha value is -2.61. The predicted octanol–water partition coefficient (Wildman–Crippen LogP) is 3.97. The first-order valence-corrected chi connectivity index (χ1v) is 13.3. The van der Waals surface area contributed by atoms with Crippen molar-refractivity contribution in [3.8, 4) is 5.75 Å². The SMILES string of the molecule is CCNC(=O)N(CCCCNONSc1ccc(C)cc1O)CC(COC)OC(=S)Nc1ccccc1. The van der Waals surface area contributed by atoms with Gasteiger partial charge in [0.1, 0.15) is 11.9 Å². The number of ether oxygens (including phenoxy) is 2. The summed E-state index contributed by atoms with van der Waals surface area (Å²) in [6.07, 6.45) is 1.07. The van der Waals surface area contributed by atoms with Crippen LogP contribution in [0.3, 0.4) is 0 Å². The van der Waals surface area contributed by atoms with Gasteiger partial charge in [0.05, 0.1) is 18.0 Å². The molecule has 12 heteroatoms. The van der Waals surface area contributed by atoms with Gasteiger partial charge in [0.2, 0.25) is 0 Å². The van der Waals surface area contributed by atoms with Gasteiger partial charge >= 0.3 is 6.03 Å². The highest BCUT2D eigenvalue weighted by Gasteiger charge is 2.21.